The van der Waals surface area contributed by atoms with Crippen molar-refractivity contribution in [2.75, 3.05) is 0 Å². The maximum Gasteiger partial charge on any atom is 0.509 e. The fourth-order valence-corrected chi connectivity index (χ4v) is 3.56. The van der Waals surface area contributed by atoms with Gasteiger partial charge in [-0.2, -0.15) is 0 Å². The molecule has 2 unspecified atom stereocenters. The Balaban J connectivity index is 1.77. The maximum absolute atomic E-state index is 12.2. The van der Waals surface area contributed by atoms with Gasteiger partial charge in [-0.15, -0.1) is 0 Å². The van der Waals surface area contributed by atoms with Gasteiger partial charge in [-0.3, -0.25) is 4.79 Å². The Morgan fingerprint density at radius 2 is 1.33 bits per heavy atom. The first kappa shape index (κ1) is 19.1. The van der Waals surface area contributed by atoms with Crippen LogP contribution < -0.4 is 0 Å². The predicted molar refractivity (Wildman–Crippen MR) is 90.5 cm³/mol. The smallest absolute Gasteiger partial charge is 0.462 e. The zero-order valence-electron chi connectivity index (χ0n) is 15.9. The van der Waals surface area contributed by atoms with Crippen molar-refractivity contribution in [2.45, 2.75) is 91.5 Å². The molecule has 2 saturated carbocycles. The second-order valence-corrected chi connectivity index (χ2v) is 8.93. The largest absolute Gasteiger partial charge is 0.509 e. The Hall–Kier alpha value is -1.26. The lowest BCUT2D eigenvalue weighted by Crippen LogP contribution is -2.30. The highest BCUT2D eigenvalue weighted by Crippen LogP contribution is 2.46. The van der Waals surface area contributed by atoms with Gasteiger partial charge in [0, 0.05) is 0 Å². The molecule has 0 aromatic rings. The van der Waals surface area contributed by atoms with Gasteiger partial charge >= 0.3 is 12.1 Å². The van der Waals surface area contributed by atoms with Gasteiger partial charge in [0.1, 0.15) is 17.8 Å². The van der Waals surface area contributed by atoms with Crippen LogP contribution in [0.25, 0.3) is 0 Å². The summed E-state index contributed by atoms with van der Waals surface area (Å²) in [5.41, 5.74) is -0.947. The van der Waals surface area contributed by atoms with Gasteiger partial charge in [0.25, 0.3) is 0 Å². The van der Waals surface area contributed by atoms with Crippen molar-refractivity contribution in [1.29, 1.82) is 0 Å². The predicted octanol–water partition coefficient (Wildman–Crippen LogP) is 4.47. The Morgan fingerprint density at radius 3 is 1.75 bits per heavy atom. The van der Waals surface area contributed by atoms with E-state index in [1.165, 1.54) is 0 Å². The van der Waals surface area contributed by atoms with Crippen LogP contribution in [0.15, 0.2) is 0 Å². The van der Waals surface area contributed by atoms with Crippen molar-refractivity contribution in [3.63, 3.8) is 0 Å². The molecule has 2 atom stereocenters. The number of carbonyl (C=O) groups excluding carboxylic acids is 2. The van der Waals surface area contributed by atoms with Crippen molar-refractivity contribution >= 4 is 12.1 Å². The minimum absolute atomic E-state index is 0.0146. The minimum atomic E-state index is -0.583. The van der Waals surface area contributed by atoms with E-state index >= 15 is 0 Å². The summed E-state index contributed by atoms with van der Waals surface area (Å²) in [4.78, 5) is 24.0. The molecule has 0 spiro atoms. The van der Waals surface area contributed by atoms with Crippen LogP contribution in [0.4, 0.5) is 4.79 Å². The molecule has 5 heteroatoms. The van der Waals surface area contributed by atoms with Gasteiger partial charge in [0.2, 0.25) is 0 Å². The van der Waals surface area contributed by atoms with Crippen molar-refractivity contribution in [3.8, 4) is 0 Å². The number of hydrogen-bond acceptors (Lipinski definition) is 5. The molecule has 5 nitrogen and oxygen atoms in total. The van der Waals surface area contributed by atoms with Gasteiger partial charge in [0.15, 0.2) is 0 Å². The Morgan fingerprint density at radius 1 is 0.875 bits per heavy atom. The summed E-state index contributed by atoms with van der Waals surface area (Å²) >= 11 is 0. The van der Waals surface area contributed by atoms with Crippen LogP contribution in [0, 0.1) is 17.3 Å². The SMILES string of the molecule is CCC(C)(C)C(=O)OC1CC2CC(OC(=O)OC(C)(C)C)CC2C1. The second-order valence-electron chi connectivity index (χ2n) is 8.93. The zero-order chi connectivity index (χ0) is 18.1. The molecule has 0 amide bonds. The minimum Gasteiger partial charge on any atom is -0.462 e. The van der Waals surface area contributed by atoms with E-state index < -0.39 is 17.2 Å². The van der Waals surface area contributed by atoms with Crippen molar-refractivity contribution in [2.24, 2.45) is 17.3 Å². The molecule has 2 aliphatic carbocycles. The van der Waals surface area contributed by atoms with Crippen molar-refractivity contribution < 1.29 is 23.8 Å². The summed E-state index contributed by atoms with van der Waals surface area (Å²) in [6, 6.07) is 0. The average molecular weight is 340 g/mol. The first-order valence-corrected chi connectivity index (χ1v) is 9.11. The van der Waals surface area contributed by atoms with Crippen molar-refractivity contribution in [3.05, 3.63) is 0 Å². The molecule has 0 aromatic heterocycles. The van der Waals surface area contributed by atoms with Gasteiger partial charge in [-0.1, -0.05) is 6.92 Å². The zero-order valence-corrected chi connectivity index (χ0v) is 15.9. The van der Waals surface area contributed by atoms with Crippen LogP contribution in [0.5, 0.6) is 0 Å². The fraction of sp³-hybridized carbons (Fsp3) is 0.895. The van der Waals surface area contributed by atoms with E-state index in [1.54, 1.807) is 0 Å². The molecule has 2 rings (SSSR count). The molecule has 138 valence electrons. The second kappa shape index (κ2) is 6.93. The first-order valence-electron chi connectivity index (χ1n) is 9.11. The molecule has 0 saturated heterocycles. The quantitative estimate of drug-likeness (QED) is 0.706. The van der Waals surface area contributed by atoms with Crippen LogP contribution >= 0.6 is 0 Å². The highest BCUT2D eigenvalue weighted by molar-refractivity contribution is 5.76. The third kappa shape index (κ3) is 4.87. The lowest BCUT2D eigenvalue weighted by atomic mass is 9.90. The molecule has 24 heavy (non-hydrogen) atoms. The summed E-state index contributed by atoms with van der Waals surface area (Å²) in [5.74, 6) is 0.844. The van der Waals surface area contributed by atoms with E-state index in [9.17, 15) is 9.59 Å². The molecule has 2 aliphatic rings. The number of fused-ring (bicyclic) bond motifs is 1. The lowest BCUT2D eigenvalue weighted by molar-refractivity contribution is -0.159. The number of esters is 1. The Bertz CT molecular complexity index is 463. The van der Waals surface area contributed by atoms with E-state index in [4.69, 9.17) is 14.2 Å². The van der Waals surface area contributed by atoms with Gasteiger partial charge in [0.05, 0.1) is 5.41 Å². The van der Waals surface area contributed by atoms with E-state index in [0.717, 1.165) is 32.1 Å². The molecule has 0 bridgehead atoms. The Labute approximate surface area is 145 Å². The van der Waals surface area contributed by atoms with Gasteiger partial charge in [-0.05, 0) is 78.6 Å². The summed E-state index contributed by atoms with van der Waals surface area (Å²) < 4.78 is 16.4. The monoisotopic (exact) mass is 340 g/mol. The summed E-state index contributed by atoms with van der Waals surface area (Å²) in [7, 11) is 0. The first-order chi connectivity index (χ1) is 11.0. The van der Waals surface area contributed by atoms with E-state index in [2.05, 4.69) is 0 Å². The maximum atomic E-state index is 12.2. The number of rotatable bonds is 4. The molecule has 0 aliphatic heterocycles. The van der Waals surface area contributed by atoms with Gasteiger partial charge in [-0.25, -0.2) is 4.79 Å². The molecule has 0 N–H and O–H groups in total. The topological polar surface area (TPSA) is 61.8 Å². The van der Waals surface area contributed by atoms with Crippen molar-refractivity contribution in [1.82, 2.24) is 0 Å². The van der Waals surface area contributed by atoms with E-state index in [1.807, 2.05) is 41.5 Å². The molecule has 0 aromatic carbocycles. The van der Waals surface area contributed by atoms with Crippen LogP contribution in [0.3, 0.4) is 0 Å². The highest BCUT2D eigenvalue weighted by Gasteiger charge is 2.45. The molecular weight excluding hydrogens is 308 g/mol. The number of hydrogen-bond donors (Lipinski definition) is 0. The van der Waals surface area contributed by atoms with Crippen LogP contribution in [0.2, 0.25) is 0 Å². The molecule has 0 heterocycles. The standard InChI is InChI=1S/C19H32O5/c1-7-19(5,6)16(20)22-14-8-12-10-15(11-13(12)9-14)23-17(21)24-18(2,3)4/h12-15H,7-11H2,1-6H3. The highest BCUT2D eigenvalue weighted by atomic mass is 16.7. The van der Waals surface area contributed by atoms with E-state index in [0.29, 0.717) is 11.8 Å². The third-order valence-electron chi connectivity index (χ3n) is 5.29. The number of ether oxygens (including phenoxy) is 3. The van der Waals surface area contributed by atoms with E-state index in [-0.39, 0.29) is 18.2 Å². The summed E-state index contributed by atoms with van der Waals surface area (Å²) in [6.45, 7) is 11.3. The third-order valence-corrected chi connectivity index (χ3v) is 5.29. The molecule has 0 radical (unpaired) electrons. The fourth-order valence-electron chi connectivity index (χ4n) is 3.56. The number of carbonyl (C=O) groups is 2. The van der Waals surface area contributed by atoms with Crippen LogP contribution in [-0.2, 0) is 19.0 Å². The average Bonchev–Trinajstić information content (AvgIpc) is 2.93. The van der Waals surface area contributed by atoms with Crippen LogP contribution in [0.1, 0.15) is 73.6 Å². The summed E-state index contributed by atoms with van der Waals surface area (Å²) in [5, 5.41) is 0. The van der Waals surface area contributed by atoms with Crippen LogP contribution in [-0.4, -0.2) is 29.9 Å². The summed E-state index contributed by atoms with van der Waals surface area (Å²) in [6.07, 6.45) is 3.58. The Kier molecular flexibility index (Phi) is 5.50. The molecule has 2 fully saturated rings. The lowest BCUT2D eigenvalue weighted by Gasteiger charge is -2.24. The van der Waals surface area contributed by atoms with Gasteiger partial charge < -0.3 is 14.2 Å². The normalized spacial score (nSPS) is 29.9. The molecular formula is C19H32O5.